The number of aryl methyl sites for hydroxylation is 1. The number of benzene rings is 1. The van der Waals surface area contributed by atoms with Gasteiger partial charge in [-0.15, -0.1) is 0 Å². The first-order valence-corrected chi connectivity index (χ1v) is 9.06. The van der Waals surface area contributed by atoms with Crippen LogP contribution >= 0.6 is 0 Å². The number of nitrogens with two attached hydrogens (primary N) is 1. The van der Waals surface area contributed by atoms with Gasteiger partial charge in [0.1, 0.15) is 6.04 Å². The number of carbonyl (C=O) groups excluding carboxylic acids is 3. The van der Waals surface area contributed by atoms with Crippen LogP contribution in [-0.4, -0.2) is 35.2 Å². The van der Waals surface area contributed by atoms with E-state index < -0.39 is 6.04 Å². The highest BCUT2D eigenvalue weighted by Gasteiger charge is 2.38. The van der Waals surface area contributed by atoms with Crippen LogP contribution < -0.4 is 11.1 Å². The molecular formula is C19H25N3O3. The van der Waals surface area contributed by atoms with Crippen molar-refractivity contribution in [1.29, 1.82) is 0 Å². The Balaban J connectivity index is 1.63. The molecule has 2 aliphatic rings. The average molecular weight is 343 g/mol. The minimum Gasteiger partial charge on any atom is -0.330 e. The Bertz CT molecular complexity index is 686. The SMILES string of the molecule is NCCCCCCc1ccc2c(c1)CN(C1CCC(=O)NC1=O)C2=O. The molecule has 0 radical (unpaired) electrons. The number of nitrogens with one attached hydrogen (secondary N) is 1. The molecule has 1 aromatic rings. The Labute approximate surface area is 147 Å². The van der Waals surface area contributed by atoms with Crippen LogP contribution in [0.15, 0.2) is 18.2 Å². The molecule has 134 valence electrons. The van der Waals surface area contributed by atoms with Crippen molar-refractivity contribution in [1.82, 2.24) is 10.2 Å². The molecule has 1 aromatic carbocycles. The van der Waals surface area contributed by atoms with Crippen LogP contribution in [0.4, 0.5) is 0 Å². The molecule has 1 atom stereocenters. The standard InChI is InChI=1S/C19H25N3O3/c20-10-4-2-1-3-5-13-6-7-15-14(11-13)12-22(19(15)25)16-8-9-17(23)21-18(16)24/h6-7,11,16H,1-5,8-10,12,20H2,(H,21,23,24). The van der Waals surface area contributed by atoms with Gasteiger partial charge in [-0.25, -0.2) is 0 Å². The zero-order valence-corrected chi connectivity index (χ0v) is 14.4. The van der Waals surface area contributed by atoms with E-state index in [0.717, 1.165) is 44.2 Å². The maximum atomic E-state index is 12.6. The molecule has 6 nitrogen and oxygen atoms in total. The van der Waals surface area contributed by atoms with Crippen LogP contribution in [0.3, 0.4) is 0 Å². The van der Waals surface area contributed by atoms with E-state index in [1.165, 1.54) is 5.56 Å². The van der Waals surface area contributed by atoms with Crippen molar-refractivity contribution in [3.8, 4) is 0 Å². The second kappa shape index (κ2) is 7.78. The van der Waals surface area contributed by atoms with Crippen molar-refractivity contribution in [2.24, 2.45) is 5.73 Å². The van der Waals surface area contributed by atoms with E-state index >= 15 is 0 Å². The molecule has 1 saturated heterocycles. The fourth-order valence-electron chi connectivity index (χ4n) is 3.61. The number of carbonyl (C=O) groups is 3. The van der Waals surface area contributed by atoms with Gasteiger partial charge in [0.05, 0.1) is 0 Å². The van der Waals surface area contributed by atoms with Gasteiger partial charge in [0.2, 0.25) is 11.8 Å². The number of piperidine rings is 1. The Morgan fingerprint density at radius 2 is 1.92 bits per heavy atom. The summed E-state index contributed by atoms with van der Waals surface area (Å²) in [5.74, 6) is -0.737. The summed E-state index contributed by atoms with van der Waals surface area (Å²) in [6.45, 7) is 1.19. The minimum atomic E-state index is -0.544. The second-order valence-corrected chi connectivity index (χ2v) is 6.84. The lowest BCUT2D eigenvalue weighted by atomic mass is 10.0. The fourth-order valence-corrected chi connectivity index (χ4v) is 3.61. The van der Waals surface area contributed by atoms with Gasteiger partial charge >= 0.3 is 0 Å². The Kier molecular flexibility index (Phi) is 5.48. The van der Waals surface area contributed by atoms with Crippen molar-refractivity contribution in [3.05, 3.63) is 34.9 Å². The number of amides is 3. The molecule has 3 rings (SSSR count). The number of hydrogen-bond donors (Lipinski definition) is 2. The minimum absolute atomic E-state index is 0.112. The van der Waals surface area contributed by atoms with Gasteiger partial charge in [0.15, 0.2) is 0 Å². The third-order valence-electron chi connectivity index (χ3n) is 5.01. The van der Waals surface area contributed by atoms with Crippen LogP contribution in [0.5, 0.6) is 0 Å². The predicted molar refractivity (Wildman–Crippen MR) is 93.7 cm³/mol. The van der Waals surface area contributed by atoms with E-state index in [-0.39, 0.29) is 24.1 Å². The first kappa shape index (κ1) is 17.6. The largest absolute Gasteiger partial charge is 0.330 e. The van der Waals surface area contributed by atoms with Gasteiger partial charge in [-0.2, -0.15) is 0 Å². The Morgan fingerprint density at radius 1 is 1.12 bits per heavy atom. The summed E-state index contributed by atoms with van der Waals surface area (Å²) >= 11 is 0. The number of nitrogens with zero attached hydrogens (tertiary/aromatic N) is 1. The van der Waals surface area contributed by atoms with Gasteiger partial charge in [0, 0.05) is 18.5 Å². The van der Waals surface area contributed by atoms with Crippen molar-refractivity contribution in [3.63, 3.8) is 0 Å². The van der Waals surface area contributed by atoms with Gasteiger partial charge in [-0.3, -0.25) is 19.7 Å². The van der Waals surface area contributed by atoms with E-state index in [1.54, 1.807) is 4.90 Å². The smallest absolute Gasteiger partial charge is 0.255 e. The zero-order valence-electron chi connectivity index (χ0n) is 14.4. The summed E-state index contributed by atoms with van der Waals surface area (Å²) in [7, 11) is 0. The van der Waals surface area contributed by atoms with E-state index in [2.05, 4.69) is 11.4 Å². The molecule has 2 heterocycles. The molecule has 0 bridgehead atoms. The molecule has 0 saturated carbocycles. The Morgan fingerprint density at radius 3 is 2.68 bits per heavy atom. The summed E-state index contributed by atoms with van der Waals surface area (Å²) < 4.78 is 0. The summed E-state index contributed by atoms with van der Waals surface area (Å²) in [4.78, 5) is 37.6. The number of unbranched alkanes of at least 4 members (excludes halogenated alkanes) is 3. The van der Waals surface area contributed by atoms with Crippen LogP contribution in [0.2, 0.25) is 0 Å². The topological polar surface area (TPSA) is 92.5 Å². The molecule has 6 heteroatoms. The first-order chi connectivity index (χ1) is 12.1. The summed E-state index contributed by atoms with van der Waals surface area (Å²) in [5, 5.41) is 2.33. The zero-order chi connectivity index (χ0) is 17.8. The monoisotopic (exact) mass is 343 g/mol. The quantitative estimate of drug-likeness (QED) is 0.580. The van der Waals surface area contributed by atoms with Crippen molar-refractivity contribution < 1.29 is 14.4 Å². The third kappa shape index (κ3) is 3.90. The number of imide groups is 1. The normalized spacial score (nSPS) is 20.0. The van der Waals surface area contributed by atoms with E-state index in [9.17, 15) is 14.4 Å². The third-order valence-corrected chi connectivity index (χ3v) is 5.01. The highest BCUT2D eigenvalue weighted by molar-refractivity contribution is 6.05. The summed E-state index contributed by atoms with van der Waals surface area (Å²) in [6.07, 6.45) is 6.18. The maximum absolute atomic E-state index is 12.6. The molecule has 3 N–H and O–H groups in total. The lowest BCUT2D eigenvalue weighted by Crippen LogP contribution is -2.52. The van der Waals surface area contributed by atoms with Crippen molar-refractivity contribution >= 4 is 17.7 Å². The van der Waals surface area contributed by atoms with E-state index in [1.807, 2.05) is 12.1 Å². The van der Waals surface area contributed by atoms with E-state index in [0.29, 0.717) is 18.5 Å². The van der Waals surface area contributed by atoms with E-state index in [4.69, 9.17) is 5.73 Å². The fraction of sp³-hybridized carbons (Fsp3) is 0.526. The van der Waals surface area contributed by atoms with Gasteiger partial charge in [0.25, 0.3) is 5.91 Å². The number of fused-ring (bicyclic) bond motifs is 1. The molecule has 3 amide bonds. The lowest BCUT2D eigenvalue weighted by molar-refractivity contribution is -0.136. The summed E-state index contributed by atoms with van der Waals surface area (Å²) in [5.41, 5.74) is 8.39. The molecular weight excluding hydrogens is 318 g/mol. The molecule has 1 fully saturated rings. The predicted octanol–water partition coefficient (Wildman–Crippen LogP) is 1.51. The van der Waals surface area contributed by atoms with Crippen LogP contribution in [0.1, 0.15) is 60.0 Å². The highest BCUT2D eigenvalue weighted by Crippen LogP contribution is 2.28. The van der Waals surface area contributed by atoms with Crippen LogP contribution in [0.25, 0.3) is 0 Å². The maximum Gasteiger partial charge on any atom is 0.255 e. The van der Waals surface area contributed by atoms with Gasteiger partial charge in [-0.05, 0) is 49.4 Å². The molecule has 0 aliphatic carbocycles. The summed E-state index contributed by atoms with van der Waals surface area (Å²) in [6, 6.07) is 5.42. The highest BCUT2D eigenvalue weighted by atomic mass is 16.2. The molecule has 25 heavy (non-hydrogen) atoms. The first-order valence-electron chi connectivity index (χ1n) is 9.06. The molecule has 0 spiro atoms. The second-order valence-electron chi connectivity index (χ2n) is 6.84. The lowest BCUT2D eigenvalue weighted by Gasteiger charge is -2.29. The molecule has 2 aliphatic heterocycles. The van der Waals surface area contributed by atoms with Gasteiger partial charge < -0.3 is 10.6 Å². The van der Waals surface area contributed by atoms with Crippen molar-refractivity contribution in [2.75, 3.05) is 6.54 Å². The average Bonchev–Trinajstić information content (AvgIpc) is 2.91. The Hall–Kier alpha value is -2.21. The number of hydrogen-bond acceptors (Lipinski definition) is 4. The van der Waals surface area contributed by atoms with Crippen LogP contribution in [-0.2, 0) is 22.6 Å². The van der Waals surface area contributed by atoms with Gasteiger partial charge in [-0.1, -0.05) is 25.0 Å². The molecule has 1 unspecified atom stereocenters. The number of rotatable bonds is 7. The molecule has 0 aromatic heterocycles. The van der Waals surface area contributed by atoms with Crippen LogP contribution in [0, 0.1) is 0 Å². The van der Waals surface area contributed by atoms with Crippen molar-refractivity contribution in [2.45, 2.75) is 57.5 Å².